The Labute approximate surface area is 102 Å². The van der Waals surface area contributed by atoms with Crippen LogP contribution in [-0.2, 0) is 12.6 Å². The predicted octanol–water partition coefficient (Wildman–Crippen LogP) is 2.72. The van der Waals surface area contributed by atoms with E-state index >= 15 is 0 Å². The lowest BCUT2D eigenvalue weighted by atomic mass is 10.1. The van der Waals surface area contributed by atoms with E-state index in [0.29, 0.717) is 29.8 Å². The summed E-state index contributed by atoms with van der Waals surface area (Å²) in [7, 11) is 0. The zero-order chi connectivity index (χ0) is 13.3. The van der Waals surface area contributed by atoms with Crippen LogP contribution in [0.1, 0.15) is 18.3 Å². The maximum atomic E-state index is 12.5. The van der Waals surface area contributed by atoms with Gasteiger partial charge in [0.1, 0.15) is 5.82 Å². The van der Waals surface area contributed by atoms with Crippen molar-refractivity contribution in [3.63, 3.8) is 0 Å². The topological polar surface area (TPSA) is 54.7 Å². The minimum Gasteiger partial charge on any atom is -0.342 e. The van der Waals surface area contributed by atoms with Crippen molar-refractivity contribution in [2.24, 2.45) is 11.7 Å². The standard InChI is InChI=1S/C12H14F3N3/c1-7(6-16)4-11-17-9-3-2-8(12(13,14)15)5-10(9)18-11/h2-3,5,7H,4,6,16H2,1H3,(H,17,18). The molecule has 0 spiro atoms. The summed E-state index contributed by atoms with van der Waals surface area (Å²) in [6.07, 6.45) is -3.70. The maximum absolute atomic E-state index is 12.5. The molecule has 0 aliphatic heterocycles. The van der Waals surface area contributed by atoms with E-state index in [9.17, 15) is 13.2 Å². The second-order valence-corrected chi connectivity index (χ2v) is 4.46. The van der Waals surface area contributed by atoms with Crippen LogP contribution in [0.2, 0.25) is 0 Å². The zero-order valence-electron chi connectivity index (χ0n) is 9.88. The molecule has 3 nitrogen and oxygen atoms in total. The van der Waals surface area contributed by atoms with Gasteiger partial charge in [0.05, 0.1) is 16.6 Å². The molecule has 2 aromatic rings. The van der Waals surface area contributed by atoms with Crippen molar-refractivity contribution in [1.82, 2.24) is 9.97 Å². The summed E-state index contributed by atoms with van der Waals surface area (Å²) in [6, 6.07) is 3.50. The Hall–Kier alpha value is -1.56. The molecular weight excluding hydrogens is 243 g/mol. The Morgan fingerprint density at radius 3 is 2.72 bits per heavy atom. The van der Waals surface area contributed by atoms with Crippen molar-refractivity contribution in [1.29, 1.82) is 0 Å². The molecule has 0 fully saturated rings. The van der Waals surface area contributed by atoms with Crippen molar-refractivity contribution in [3.05, 3.63) is 29.6 Å². The summed E-state index contributed by atoms with van der Waals surface area (Å²) in [5.41, 5.74) is 5.79. The fourth-order valence-corrected chi connectivity index (χ4v) is 1.75. The van der Waals surface area contributed by atoms with Crippen LogP contribution in [0.25, 0.3) is 11.0 Å². The molecule has 0 aliphatic carbocycles. The van der Waals surface area contributed by atoms with Gasteiger partial charge in [0, 0.05) is 6.42 Å². The van der Waals surface area contributed by atoms with Crippen LogP contribution in [0.4, 0.5) is 13.2 Å². The lowest BCUT2D eigenvalue weighted by Crippen LogP contribution is -2.13. The van der Waals surface area contributed by atoms with E-state index in [1.54, 1.807) is 0 Å². The van der Waals surface area contributed by atoms with E-state index in [2.05, 4.69) is 9.97 Å². The SMILES string of the molecule is CC(CN)Cc1nc2ccc(C(F)(F)F)cc2[nH]1. The summed E-state index contributed by atoms with van der Waals surface area (Å²) in [5, 5.41) is 0. The largest absolute Gasteiger partial charge is 0.416 e. The smallest absolute Gasteiger partial charge is 0.342 e. The zero-order valence-corrected chi connectivity index (χ0v) is 9.88. The Bertz CT molecular complexity index is 545. The molecule has 3 N–H and O–H groups in total. The predicted molar refractivity (Wildman–Crippen MR) is 63.0 cm³/mol. The van der Waals surface area contributed by atoms with Crippen LogP contribution in [-0.4, -0.2) is 16.5 Å². The Morgan fingerprint density at radius 1 is 1.39 bits per heavy atom. The van der Waals surface area contributed by atoms with E-state index in [0.717, 1.165) is 12.1 Å². The van der Waals surface area contributed by atoms with E-state index in [4.69, 9.17) is 5.73 Å². The summed E-state index contributed by atoms with van der Waals surface area (Å²) in [6.45, 7) is 2.49. The molecule has 0 saturated carbocycles. The van der Waals surface area contributed by atoms with Crippen molar-refractivity contribution in [3.8, 4) is 0 Å². The fourth-order valence-electron chi connectivity index (χ4n) is 1.75. The third-order valence-electron chi connectivity index (χ3n) is 2.80. The van der Waals surface area contributed by atoms with E-state index in [1.807, 2.05) is 6.92 Å². The molecule has 6 heteroatoms. The van der Waals surface area contributed by atoms with Gasteiger partial charge < -0.3 is 10.7 Å². The molecule has 1 unspecified atom stereocenters. The normalized spacial score (nSPS) is 14.1. The van der Waals surface area contributed by atoms with E-state index in [-0.39, 0.29) is 5.92 Å². The van der Waals surface area contributed by atoms with Crippen LogP contribution < -0.4 is 5.73 Å². The molecule has 98 valence electrons. The second kappa shape index (κ2) is 4.61. The number of alkyl halides is 3. The number of hydrogen-bond acceptors (Lipinski definition) is 2. The van der Waals surface area contributed by atoms with Crippen LogP contribution >= 0.6 is 0 Å². The van der Waals surface area contributed by atoms with Crippen LogP contribution in [0, 0.1) is 5.92 Å². The van der Waals surface area contributed by atoms with Gasteiger partial charge in [0.25, 0.3) is 0 Å². The van der Waals surface area contributed by atoms with Gasteiger partial charge >= 0.3 is 6.18 Å². The fraction of sp³-hybridized carbons (Fsp3) is 0.417. The van der Waals surface area contributed by atoms with Gasteiger partial charge in [-0.25, -0.2) is 4.98 Å². The summed E-state index contributed by atoms with van der Waals surface area (Å²) >= 11 is 0. The molecule has 1 heterocycles. The number of nitrogens with two attached hydrogens (primary N) is 1. The highest BCUT2D eigenvalue weighted by atomic mass is 19.4. The number of aromatic nitrogens is 2. The number of fused-ring (bicyclic) bond motifs is 1. The molecular formula is C12H14F3N3. The third-order valence-corrected chi connectivity index (χ3v) is 2.80. The van der Waals surface area contributed by atoms with Gasteiger partial charge in [-0.15, -0.1) is 0 Å². The molecule has 0 saturated heterocycles. The number of benzene rings is 1. The maximum Gasteiger partial charge on any atom is 0.416 e. The third kappa shape index (κ3) is 2.64. The highest BCUT2D eigenvalue weighted by molar-refractivity contribution is 5.76. The number of nitrogens with zero attached hydrogens (tertiary/aromatic N) is 1. The minimum atomic E-state index is -4.33. The first kappa shape index (κ1) is 12.9. The van der Waals surface area contributed by atoms with Gasteiger partial charge in [-0.3, -0.25) is 0 Å². The molecule has 1 aromatic heterocycles. The molecule has 2 rings (SSSR count). The first-order chi connectivity index (χ1) is 8.40. The highest BCUT2D eigenvalue weighted by Gasteiger charge is 2.30. The van der Waals surface area contributed by atoms with Crippen molar-refractivity contribution in [2.45, 2.75) is 19.5 Å². The van der Waals surface area contributed by atoms with Gasteiger partial charge in [-0.1, -0.05) is 6.92 Å². The lowest BCUT2D eigenvalue weighted by molar-refractivity contribution is -0.137. The van der Waals surface area contributed by atoms with Crippen LogP contribution in [0.15, 0.2) is 18.2 Å². The summed E-state index contributed by atoms with van der Waals surface area (Å²) < 4.78 is 37.6. The number of H-pyrrole nitrogens is 1. The summed E-state index contributed by atoms with van der Waals surface area (Å²) in [4.78, 5) is 7.15. The monoisotopic (exact) mass is 257 g/mol. The van der Waals surface area contributed by atoms with E-state index in [1.165, 1.54) is 6.07 Å². The average Bonchev–Trinajstić information content (AvgIpc) is 2.68. The number of hydrogen-bond donors (Lipinski definition) is 2. The first-order valence-corrected chi connectivity index (χ1v) is 5.66. The van der Waals surface area contributed by atoms with Crippen molar-refractivity contribution in [2.75, 3.05) is 6.54 Å². The number of rotatable bonds is 3. The number of nitrogens with one attached hydrogen (secondary N) is 1. The Kier molecular flexibility index (Phi) is 3.30. The number of aromatic amines is 1. The lowest BCUT2D eigenvalue weighted by Gasteiger charge is -2.05. The van der Waals surface area contributed by atoms with Crippen LogP contribution in [0.3, 0.4) is 0 Å². The van der Waals surface area contributed by atoms with Gasteiger partial charge in [0.15, 0.2) is 0 Å². The van der Waals surface area contributed by atoms with Crippen molar-refractivity contribution < 1.29 is 13.2 Å². The second-order valence-electron chi connectivity index (χ2n) is 4.46. The van der Waals surface area contributed by atoms with Crippen LogP contribution in [0.5, 0.6) is 0 Å². The van der Waals surface area contributed by atoms with Gasteiger partial charge in [-0.05, 0) is 30.7 Å². The molecule has 18 heavy (non-hydrogen) atoms. The molecule has 0 radical (unpaired) electrons. The molecule has 1 aromatic carbocycles. The highest BCUT2D eigenvalue weighted by Crippen LogP contribution is 2.30. The average molecular weight is 257 g/mol. The Morgan fingerprint density at radius 2 is 2.11 bits per heavy atom. The van der Waals surface area contributed by atoms with Gasteiger partial charge in [0.2, 0.25) is 0 Å². The van der Waals surface area contributed by atoms with Gasteiger partial charge in [-0.2, -0.15) is 13.2 Å². The minimum absolute atomic E-state index is 0.243. The molecule has 0 amide bonds. The number of imidazole rings is 1. The summed E-state index contributed by atoms with van der Waals surface area (Å²) in [5.74, 6) is 0.912. The van der Waals surface area contributed by atoms with E-state index < -0.39 is 11.7 Å². The molecule has 0 bridgehead atoms. The molecule has 1 atom stereocenters. The quantitative estimate of drug-likeness (QED) is 0.888. The number of halogens is 3. The molecule has 0 aliphatic rings. The Balaban J connectivity index is 2.34. The van der Waals surface area contributed by atoms with Crippen molar-refractivity contribution >= 4 is 11.0 Å². The first-order valence-electron chi connectivity index (χ1n) is 5.66.